The smallest absolute Gasteiger partial charge is 0.162 e. The normalized spacial score (nSPS) is 12.8. The molecule has 1 unspecified atom stereocenters. The predicted octanol–water partition coefficient (Wildman–Crippen LogP) is 3.27. The summed E-state index contributed by atoms with van der Waals surface area (Å²) in [6.45, 7) is 5.60. The fraction of sp³-hybridized carbons (Fsp3) is 0.786. The standard InChI is InChI=1S/C14H26N2O2/c1-4-5-6-7-8-12(2)17-11-14-9-13(10-15-3)16-18-14/h9,12,15H,4-8,10-11H2,1-3H3. The van der Waals surface area contributed by atoms with Crippen LogP contribution in [0.5, 0.6) is 0 Å². The third-order valence-corrected chi connectivity index (χ3v) is 2.94. The predicted molar refractivity (Wildman–Crippen MR) is 72.3 cm³/mol. The zero-order valence-electron chi connectivity index (χ0n) is 11.9. The van der Waals surface area contributed by atoms with Gasteiger partial charge in [-0.25, -0.2) is 0 Å². The monoisotopic (exact) mass is 254 g/mol. The van der Waals surface area contributed by atoms with Gasteiger partial charge in [-0.15, -0.1) is 0 Å². The van der Waals surface area contributed by atoms with E-state index in [-0.39, 0.29) is 0 Å². The van der Waals surface area contributed by atoms with E-state index >= 15 is 0 Å². The molecule has 4 heteroatoms. The van der Waals surface area contributed by atoms with E-state index in [9.17, 15) is 0 Å². The Morgan fingerprint density at radius 2 is 2.22 bits per heavy atom. The summed E-state index contributed by atoms with van der Waals surface area (Å²) in [4.78, 5) is 0. The Bertz CT molecular complexity index is 312. The van der Waals surface area contributed by atoms with Crippen LogP contribution in [-0.4, -0.2) is 18.3 Å². The molecule has 0 fully saturated rings. The van der Waals surface area contributed by atoms with Gasteiger partial charge in [-0.3, -0.25) is 0 Å². The summed E-state index contributed by atoms with van der Waals surface area (Å²) in [5.41, 5.74) is 0.923. The lowest BCUT2D eigenvalue weighted by Gasteiger charge is -2.11. The van der Waals surface area contributed by atoms with E-state index in [1.54, 1.807) is 0 Å². The quantitative estimate of drug-likeness (QED) is 0.651. The maximum atomic E-state index is 5.75. The summed E-state index contributed by atoms with van der Waals surface area (Å²) in [6.07, 6.45) is 6.57. The van der Waals surface area contributed by atoms with Gasteiger partial charge in [0.15, 0.2) is 5.76 Å². The lowest BCUT2D eigenvalue weighted by Crippen LogP contribution is -2.07. The Morgan fingerprint density at radius 3 is 2.94 bits per heavy atom. The molecule has 18 heavy (non-hydrogen) atoms. The van der Waals surface area contributed by atoms with Gasteiger partial charge in [-0.2, -0.15) is 0 Å². The van der Waals surface area contributed by atoms with E-state index in [1.165, 1.54) is 25.7 Å². The topological polar surface area (TPSA) is 47.3 Å². The molecular weight excluding hydrogens is 228 g/mol. The Kier molecular flexibility index (Phi) is 7.69. The van der Waals surface area contributed by atoms with Crippen molar-refractivity contribution in [3.05, 3.63) is 17.5 Å². The summed E-state index contributed by atoms with van der Waals surface area (Å²) >= 11 is 0. The number of hydrogen-bond donors (Lipinski definition) is 1. The lowest BCUT2D eigenvalue weighted by molar-refractivity contribution is 0.0333. The second kappa shape index (κ2) is 9.11. The number of hydrogen-bond acceptors (Lipinski definition) is 4. The van der Waals surface area contributed by atoms with E-state index in [2.05, 4.69) is 24.3 Å². The van der Waals surface area contributed by atoms with Crippen LogP contribution >= 0.6 is 0 Å². The molecule has 0 aliphatic rings. The van der Waals surface area contributed by atoms with Crippen molar-refractivity contribution >= 4 is 0 Å². The Hall–Kier alpha value is -0.870. The van der Waals surface area contributed by atoms with Crippen molar-refractivity contribution in [1.82, 2.24) is 10.5 Å². The van der Waals surface area contributed by atoms with Crippen molar-refractivity contribution < 1.29 is 9.26 Å². The second-order valence-corrected chi connectivity index (χ2v) is 4.79. The van der Waals surface area contributed by atoms with Gasteiger partial charge in [0, 0.05) is 12.6 Å². The number of nitrogens with zero attached hydrogens (tertiary/aromatic N) is 1. The summed E-state index contributed by atoms with van der Waals surface area (Å²) < 4.78 is 10.9. The van der Waals surface area contributed by atoms with Crippen molar-refractivity contribution in [3.63, 3.8) is 0 Å². The first-order valence-corrected chi connectivity index (χ1v) is 6.97. The van der Waals surface area contributed by atoms with Crippen molar-refractivity contribution in [2.24, 2.45) is 0 Å². The minimum atomic E-state index is 0.291. The first-order valence-electron chi connectivity index (χ1n) is 6.97. The van der Waals surface area contributed by atoms with E-state index in [1.807, 2.05) is 13.1 Å². The Balaban J connectivity index is 2.14. The van der Waals surface area contributed by atoms with Crippen LogP contribution in [0, 0.1) is 0 Å². The van der Waals surface area contributed by atoms with Gasteiger partial charge in [-0.1, -0.05) is 37.8 Å². The maximum Gasteiger partial charge on any atom is 0.162 e. The first-order chi connectivity index (χ1) is 8.76. The van der Waals surface area contributed by atoms with Gasteiger partial charge < -0.3 is 14.6 Å². The Labute approximate surface area is 110 Å². The number of nitrogens with one attached hydrogen (secondary N) is 1. The third-order valence-electron chi connectivity index (χ3n) is 2.94. The first kappa shape index (κ1) is 15.2. The fourth-order valence-corrected chi connectivity index (χ4v) is 1.85. The zero-order chi connectivity index (χ0) is 13.2. The van der Waals surface area contributed by atoms with Gasteiger partial charge >= 0.3 is 0 Å². The van der Waals surface area contributed by atoms with Crippen LogP contribution in [-0.2, 0) is 17.9 Å². The van der Waals surface area contributed by atoms with Crippen LogP contribution in [0.2, 0.25) is 0 Å². The SMILES string of the molecule is CCCCCCC(C)OCc1cc(CNC)no1. The Morgan fingerprint density at radius 1 is 1.39 bits per heavy atom. The van der Waals surface area contributed by atoms with Gasteiger partial charge in [-0.05, 0) is 20.4 Å². The van der Waals surface area contributed by atoms with Crippen LogP contribution in [0.25, 0.3) is 0 Å². The van der Waals surface area contributed by atoms with Gasteiger partial charge in [0.1, 0.15) is 6.61 Å². The van der Waals surface area contributed by atoms with Crippen molar-refractivity contribution in [2.45, 2.75) is 65.2 Å². The van der Waals surface area contributed by atoms with E-state index in [4.69, 9.17) is 9.26 Å². The molecule has 0 aromatic carbocycles. The molecule has 0 radical (unpaired) electrons. The second-order valence-electron chi connectivity index (χ2n) is 4.79. The van der Waals surface area contributed by atoms with Crippen molar-refractivity contribution in [3.8, 4) is 0 Å². The van der Waals surface area contributed by atoms with Gasteiger partial charge in [0.2, 0.25) is 0 Å². The largest absolute Gasteiger partial charge is 0.370 e. The molecule has 4 nitrogen and oxygen atoms in total. The van der Waals surface area contributed by atoms with Crippen LogP contribution in [0.3, 0.4) is 0 Å². The molecule has 1 heterocycles. The highest BCUT2D eigenvalue weighted by Gasteiger charge is 2.07. The molecule has 1 N–H and O–H groups in total. The highest BCUT2D eigenvalue weighted by atomic mass is 16.5. The number of ether oxygens (including phenoxy) is 1. The molecule has 0 saturated heterocycles. The molecule has 1 rings (SSSR count). The molecule has 0 spiro atoms. The van der Waals surface area contributed by atoms with Gasteiger partial charge in [0.05, 0.1) is 11.8 Å². The zero-order valence-corrected chi connectivity index (χ0v) is 11.9. The van der Waals surface area contributed by atoms with Crippen LogP contribution in [0.1, 0.15) is 57.4 Å². The van der Waals surface area contributed by atoms with Crippen LogP contribution < -0.4 is 5.32 Å². The molecular formula is C14H26N2O2. The number of aromatic nitrogens is 1. The number of unbranched alkanes of at least 4 members (excludes halogenated alkanes) is 3. The molecule has 0 amide bonds. The minimum Gasteiger partial charge on any atom is -0.370 e. The van der Waals surface area contributed by atoms with E-state index in [0.717, 1.165) is 24.4 Å². The third kappa shape index (κ3) is 6.17. The lowest BCUT2D eigenvalue weighted by atomic mass is 10.1. The summed E-state index contributed by atoms with van der Waals surface area (Å²) in [5.74, 6) is 0.806. The average Bonchev–Trinajstić information content (AvgIpc) is 2.80. The molecule has 1 atom stereocenters. The molecule has 0 aliphatic carbocycles. The molecule has 1 aromatic rings. The summed E-state index contributed by atoms with van der Waals surface area (Å²) in [5, 5.41) is 6.99. The highest BCUT2D eigenvalue weighted by molar-refractivity contribution is 5.03. The molecule has 0 aliphatic heterocycles. The molecule has 104 valence electrons. The molecule has 0 bridgehead atoms. The van der Waals surface area contributed by atoms with Crippen molar-refractivity contribution in [1.29, 1.82) is 0 Å². The fourth-order valence-electron chi connectivity index (χ4n) is 1.85. The number of rotatable bonds is 10. The average molecular weight is 254 g/mol. The molecule has 1 aromatic heterocycles. The van der Waals surface area contributed by atoms with Gasteiger partial charge in [0.25, 0.3) is 0 Å². The maximum absolute atomic E-state index is 5.75. The molecule has 0 saturated carbocycles. The summed E-state index contributed by atoms with van der Waals surface area (Å²) in [6, 6.07) is 1.94. The van der Waals surface area contributed by atoms with Crippen LogP contribution in [0.15, 0.2) is 10.6 Å². The summed E-state index contributed by atoms with van der Waals surface area (Å²) in [7, 11) is 1.89. The van der Waals surface area contributed by atoms with Crippen molar-refractivity contribution in [2.75, 3.05) is 7.05 Å². The van der Waals surface area contributed by atoms with Crippen LogP contribution in [0.4, 0.5) is 0 Å². The minimum absolute atomic E-state index is 0.291. The van der Waals surface area contributed by atoms with E-state index in [0.29, 0.717) is 12.7 Å². The van der Waals surface area contributed by atoms with E-state index < -0.39 is 0 Å². The highest BCUT2D eigenvalue weighted by Crippen LogP contribution is 2.11.